The van der Waals surface area contributed by atoms with Crippen LogP contribution < -0.4 is 5.32 Å². The maximum Gasteiger partial charge on any atom is 0.338 e. The Morgan fingerprint density at radius 3 is 2.86 bits per heavy atom. The molecule has 1 heterocycles. The summed E-state index contributed by atoms with van der Waals surface area (Å²) < 4.78 is 5.18. The van der Waals surface area contributed by atoms with E-state index in [0.29, 0.717) is 11.5 Å². The standard InChI is InChI=1S/C22H27N3O3/c1-13(2)22(4,12-23)25-20(26)11-28-21(27)15-6-8-19-17(10-15)16-9-14(3)5-7-18(16)24-19/h6,8,10,13-14,24H,5,7,9,11H2,1-4H3,(H,25,26)/t14-,22+/m0/s1. The summed E-state index contributed by atoms with van der Waals surface area (Å²) in [5.41, 5.74) is 2.98. The summed E-state index contributed by atoms with van der Waals surface area (Å²) in [5.74, 6) is -0.470. The van der Waals surface area contributed by atoms with Gasteiger partial charge in [-0.1, -0.05) is 20.8 Å². The van der Waals surface area contributed by atoms with Crippen molar-refractivity contribution in [1.82, 2.24) is 10.3 Å². The molecule has 0 fully saturated rings. The lowest BCUT2D eigenvalue weighted by atomic mass is 9.87. The molecule has 2 aromatic rings. The highest BCUT2D eigenvalue weighted by atomic mass is 16.5. The van der Waals surface area contributed by atoms with Gasteiger partial charge in [0.2, 0.25) is 0 Å². The highest BCUT2D eigenvalue weighted by Gasteiger charge is 2.30. The van der Waals surface area contributed by atoms with Crippen LogP contribution in [0.25, 0.3) is 10.9 Å². The summed E-state index contributed by atoms with van der Waals surface area (Å²) in [5, 5.41) is 13.0. The lowest BCUT2D eigenvalue weighted by Crippen LogP contribution is -2.50. The van der Waals surface area contributed by atoms with E-state index in [1.807, 2.05) is 26.0 Å². The smallest absolute Gasteiger partial charge is 0.338 e. The highest BCUT2D eigenvalue weighted by Crippen LogP contribution is 2.32. The molecule has 0 radical (unpaired) electrons. The first-order chi connectivity index (χ1) is 13.2. The number of nitriles is 1. The van der Waals surface area contributed by atoms with Crippen LogP contribution in [0.1, 0.15) is 55.7 Å². The van der Waals surface area contributed by atoms with Gasteiger partial charge in [-0.3, -0.25) is 4.79 Å². The van der Waals surface area contributed by atoms with E-state index in [2.05, 4.69) is 23.3 Å². The van der Waals surface area contributed by atoms with E-state index >= 15 is 0 Å². The number of aromatic nitrogens is 1. The number of amides is 1. The van der Waals surface area contributed by atoms with Gasteiger partial charge in [-0.2, -0.15) is 5.26 Å². The fourth-order valence-corrected chi connectivity index (χ4v) is 3.56. The van der Waals surface area contributed by atoms with Gasteiger partial charge in [0.25, 0.3) is 5.91 Å². The lowest BCUT2D eigenvalue weighted by molar-refractivity contribution is -0.125. The molecular formula is C22H27N3O3. The van der Waals surface area contributed by atoms with Crippen LogP contribution in [0.2, 0.25) is 0 Å². The fraction of sp³-hybridized carbons (Fsp3) is 0.500. The molecule has 6 nitrogen and oxygen atoms in total. The van der Waals surface area contributed by atoms with Crippen molar-refractivity contribution in [3.63, 3.8) is 0 Å². The molecule has 0 bridgehead atoms. The zero-order valence-electron chi connectivity index (χ0n) is 16.9. The van der Waals surface area contributed by atoms with Gasteiger partial charge in [-0.05, 0) is 61.8 Å². The Hall–Kier alpha value is -2.81. The first-order valence-corrected chi connectivity index (χ1v) is 9.76. The SMILES string of the molecule is CC(C)[C@@](C)(C#N)NC(=O)COC(=O)c1ccc2[nH]c3c(c2c1)C[C@@H](C)CC3. The number of ether oxygens (including phenoxy) is 1. The minimum atomic E-state index is -0.997. The number of carbonyl (C=O) groups excluding carboxylic acids is 2. The molecule has 2 N–H and O–H groups in total. The molecule has 0 aliphatic heterocycles. The van der Waals surface area contributed by atoms with Gasteiger partial charge in [0.05, 0.1) is 11.6 Å². The number of fused-ring (bicyclic) bond motifs is 3. The van der Waals surface area contributed by atoms with Crippen LogP contribution in [0, 0.1) is 23.2 Å². The molecule has 1 aliphatic carbocycles. The van der Waals surface area contributed by atoms with Gasteiger partial charge in [-0.25, -0.2) is 4.79 Å². The predicted octanol–water partition coefficient (Wildman–Crippen LogP) is 3.50. The normalized spacial score (nSPS) is 18.2. The van der Waals surface area contributed by atoms with Gasteiger partial charge in [0.1, 0.15) is 5.54 Å². The summed E-state index contributed by atoms with van der Waals surface area (Å²) in [6.45, 7) is 7.18. The number of H-pyrrole nitrogens is 1. The van der Waals surface area contributed by atoms with Crippen molar-refractivity contribution in [3.8, 4) is 6.07 Å². The first-order valence-electron chi connectivity index (χ1n) is 9.76. The molecule has 3 rings (SSSR count). The van der Waals surface area contributed by atoms with E-state index in [9.17, 15) is 14.9 Å². The summed E-state index contributed by atoms with van der Waals surface area (Å²) in [4.78, 5) is 28.0. The molecule has 1 aromatic carbocycles. The maximum atomic E-state index is 12.4. The first kappa shape index (κ1) is 19.9. The number of hydrogen-bond acceptors (Lipinski definition) is 4. The van der Waals surface area contributed by atoms with Crippen molar-refractivity contribution >= 4 is 22.8 Å². The quantitative estimate of drug-likeness (QED) is 0.775. The Balaban J connectivity index is 1.69. The number of nitrogens with one attached hydrogen (secondary N) is 2. The predicted molar refractivity (Wildman–Crippen MR) is 107 cm³/mol. The second-order valence-electron chi connectivity index (χ2n) is 8.28. The van der Waals surface area contributed by atoms with Crippen LogP contribution in [0.15, 0.2) is 18.2 Å². The van der Waals surface area contributed by atoms with E-state index < -0.39 is 24.0 Å². The molecule has 28 heavy (non-hydrogen) atoms. The molecule has 0 saturated heterocycles. The zero-order chi connectivity index (χ0) is 20.5. The Morgan fingerprint density at radius 1 is 1.43 bits per heavy atom. The average Bonchev–Trinajstić information content (AvgIpc) is 3.02. The van der Waals surface area contributed by atoms with Crippen molar-refractivity contribution in [2.45, 2.75) is 52.5 Å². The van der Waals surface area contributed by atoms with Crippen molar-refractivity contribution in [2.75, 3.05) is 6.61 Å². The van der Waals surface area contributed by atoms with E-state index in [1.54, 1.807) is 13.0 Å². The minimum Gasteiger partial charge on any atom is -0.452 e. The van der Waals surface area contributed by atoms with E-state index in [0.717, 1.165) is 23.7 Å². The Bertz CT molecular complexity index is 954. The van der Waals surface area contributed by atoms with E-state index in [4.69, 9.17) is 4.74 Å². The van der Waals surface area contributed by atoms with Gasteiger partial charge in [-0.15, -0.1) is 0 Å². The summed E-state index contributed by atoms with van der Waals surface area (Å²) in [6.07, 6.45) is 3.19. The zero-order valence-corrected chi connectivity index (χ0v) is 16.9. The van der Waals surface area contributed by atoms with Gasteiger partial charge < -0.3 is 15.0 Å². The number of aryl methyl sites for hydroxylation is 1. The Morgan fingerprint density at radius 2 is 2.18 bits per heavy atom. The third-order valence-corrected chi connectivity index (χ3v) is 5.79. The fourth-order valence-electron chi connectivity index (χ4n) is 3.56. The number of nitrogens with zero attached hydrogens (tertiary/aromatic N) is 1. The number of rotatable bonds is 5. The largest absolute Gasteiger partial charge is 0.452 e. The summed E-state index contributed by atoms with van der Waals surface area (Å²) >= 11 is 0. The Labute approximate surface area is 165 Å². The molecule has 1 aromatic heterocycles. The van der Waals surface area contributed by atoms with Crippen molar-refractivity contribution in [3.05, 3.63) is 35.0 Å². The van der Waals surface area contributed by atoms with Crippen LogP contribution >= 0.6 is 0 Å². The number of benzene rings is 1. The maximum absolute atomic E-state index is 12.4. The van der Waals surface area contributed by atoms with Crippen molar-refractivity contribution in [2.24, 2.45) is 11.8 Å². The van der Waals surface area contributed by atoms with Crippen molar-refractivity contribution < 1.29 is 14.3 Å². The molecule has 0 saturated carbocycles. The highest BCUT2D eigenvalue weighted by molar-refractivity contribution is 5.97. The van der Waals surface area contributed by atoms with Crippen LogP contribution in [0.4, 0.5) is 0 Å². The molecular weight excluding hydrogens is 354 g/mol. The molecule has 0 unspecified atom stereocenters. The third-order valence-electron chi connectivity index (χ3n) is 5.79. The van der Waals surface area contributed by atoms with E-state index in [-0.39, 0.29) is 5.92 Å². The Kier molecular flexibility index (Phi) is 5.46. The third kappa shape index (κ3) is 3.89. The second kappa shape index (κ2) is 7.67. The molecule has 2 atom stereocenters. The van der Waals surface area contributed by atoms with Gasteiger partial charge in [0.15, 0.2) is 6.61 Å². The monoisotopic (exact) mass is 381 g/mol. The lowest BCUT2D eigenvalue weighted by Gasteiger charge is -2.27. The van der Waals surface area contributed by atoms with Crippen LogP contribution in [0.5, 0.6) is 0 Å². The molecule has 0 spiro atoms. The van der Waals surface area contributed by atoms with Gasteiger partial charge in [0, 0.05) is 16.6 Å². The topological polar surface area (TPSA) is 95.0 Å². The second-order valence-corrected chi connectivity index (χ2v) is 8.28. The molecule has 1 aliphatic rings. The number of hydrogen-bond donors (Lipinski definition) is 2. The van der Waals surface area contributed by atoms with E-state index in [1.165, 1.54) is 17.7 Å². The van der Waals surface area contributed by atoms with Crippen LogP contribution in [-0.2, 0) is 22.4 Å². The van der Waals surface area contributed by atoms with Crippen molar-refractivity contribution in [1.29, 1.82) is 5.26 Å². The molecule has 1 amide bonds. The summed E-state index contributed by atoms with van der Waals surface area (Å²) in [6, 6.07) is 7.54. The van der Waals surface area contributed by atoms with Crippen LogP contribution in [0.3, 0.4) is 0 Å². The number of aromatic amines is 1. The van der Waals surface area contributed by atoms with Crippen LogP contribution in [-0.4, -0.2) is 29.0 Å². The average molecular weight is 381 g/mol. The number of esters is 1. The molecule has 148 valence electrons. The summed E-state index contributed by atoms with van der Waals surface area (Å²) in [7, 11) is 0. The minimum absolute atomic E-state index is 0.0679. The van der Waals surface area contributed by atoms with Gasteiger partial charge >= 0.3 is 5.97 Å². The number of carbonyl (C=O) groups is 2. The molecule has 6 heteroatoms.